The number of benzene rings is 3. The van der Waals surface area contributed by atoms with Gasteiger partial charge in [-0.15, -0.1) is 0 Å². The molecule has 1 aliphatic rings. The zero-order valence-corrected chi connectivity index (χ0v) is 28.6. The number of carbonyl (C=O) groups excluding carboxylic acids is 2. The molecule has 1 heterocycles. The summed E-state index contributed by atoms with van der Waals surface area (Å²) in [5.41, 5.74) is 5.89. The molecular weight excluding hydrogens is 612 g/mol. The van der Waals surface area contributed by atoms with E-state index in [1.165, 1.54) is 19.3 Å². The number of ether oxygens (including phenoxy) is 3. The van der Waals surface area contributed by atoms with Gasteiger partial charge in [-0.2, -0.15) is 5.10 Å². The Balaban J connectivity index is 1.40. The molecule has 1 fully saturated rings. The Bertz CT molecular complexity index is 1730. The second-order valence-electron chi connectivity index (χ2n) is 12.9. The Labute approximate surface area is 282 Å². The van der Waals surface area contributed by atoms with Crippen molar-refractivity contribution in [1.29, 1.82) is 0 Å². The predicted molar refractivity (Wildman–Crippen MR) is 186 cm³/mol. The Kier molecular flexibility index (Phi) is 10.9. The van der Waals surface area contributed by atoms with Crippen LogP contribution in [0.4, 0.5) is 0 Å². The van der Waals surface area contributed by atoms with Crippen molar-refractivity contribution in [1.82, 2.24) is 9.78 Å². The first kappa shape index (κ1) is 34.0. The van der Waals surface area contributed by atoms with Crippen molar-refractivity contribution in [3.63, 3.8) is 0 Å². The third kappa shape index (κ3) is 8.92. The maximum atomic E-state index is 12.9. The molecule has 7 nitrogen and oxygen atoms in total. The van der Waals surface area contributed by atoms with Crippen LogP contribution in [0.5, 0.6) is 5.75 Å². The lowest BCUT2D eigenvalue weighted by atomic mass is 9.95. The highest BCUT2D eigenvalue weighted by atomic mass is 35.5. The SMILES string of the molecule is CCOC(=O)/C(C)=C/c1cc(-c2ccc(OCc3cc(C(=O)OC(C)(C)C)ccc3-c3ccc(Cl)cc3)cc2)n(C2CCCCC2)n1. The summed E-state index contributed by atoms with van der Waals surface area (Å²) in [5.74, 6) is -0.0221. The van der Waals surface area contributed by atoms with E-state index in [-0.39, 0.29) is 18.5 Å². The number of carbonyl (C=O) groups is 2. The molecule has 1 saturated carbocycles. The monoisotopic (exact) mass is 654 g/mol. The van der Waals surface area contributed by atoms with Gasteiger partial charge in [0, 0.05) is 16.2 Å². The number of hydrogen-bond donors (Lipinski definition) is 0. The van der Waals surface area contributed by atoms with Crippen LogP contribution < -0.4 is 4.74 Å². The van der Waals surface area contributed by atoms with E-state index in [0.29, 0.717) is 34.6 Å². The van der Waals surface area contributed by atoms with Crippen molar-refractivity contribution in [3.05, 3.63) is 100 Å². The standard InChI is InChI=1S/C39H43ClN2O5/c1-6-45-37(43)26(2)22-32-24-36(42(41-32)33-10-8-7-9-11-33)28-14-19-34(20-15-28)46-25-30-23-29(38(44)47-39(3,4)5)16-21-35(30)27-12-17-31(40)18-13-27/h12-24,33H,6-11,25H2,1-5H3/b26-22+. The molecule has 0 radical (unpaired) electrons. The van der Waals surface area contributed by atoms with Crippen LogP contribution in [0.15, 0.2) is 78.4 Å². The lowest BCUT2D eigenvalue weighted by Crippen LogP contribution is -2.24. The summed E-state index contributed by atoms with van der Waals surface area (Å²) in [6.45, 7) is 9.69. The van der Waals surface area contributed by atoms with Gasteiger partial charge in [0.1, 0.15) is 18.0 Å². The van der Waals surface area contributed by atoms with Crippen LogP contribution in [0.3, 0.4) is 0 Å². The molecule has 0 bridgehead atoms. The minimum Gasteiger partial charge on any atom is -0.489 e. The normalized spacial score (nSPS) is 14.1. The quantitative estimate of drug-likeness (QED) is 0.125. The molecule has 5 rings (SSSR count). The molecule has 0 amide bonds. The Morgan fingerprint density at radius 1 is 0.936 bits per heavy atom. The van der Waals surface area contributed by atoms with Gasteiger partial charge in [-0.1, -0.05) is 49.1 Å². The zero-order valence-electron chi connectivity index (χ0n) is 27.8. The fourth-order valence-corrected chi connectivity index (χ4v) is 5.93. The molecule has 0 spiro atoms. The van der Waals surface area contributed by atoms with Crippen LogP contribution in [0.1, 0.15) is 94.4 Å². The van der Waals surface area contributed by atoms with E-state index in [4.69, 9.17) is 30.9 Å². The van der Waals surface area contributed by atoms with Gasteiger partial charge in [0.2, 0.25) is 0 Å². The molecule has 1 aliphatic carbocycles. The maximum Gasteiger partial charge on any atom is 0.338 e. The van der Waals surface area contributed by atoms with Gasteiger partial charge in [-0.3, -0.25) is 4.68 Å². The fourth-order valence-electron chi connectivity index (χ4n) is 5.80. The minimum atomic E-state index is -0.604. The molecule has 0 saturated heterocycles. The molecule has 3 aromatic carbocycles. The molecule has 0 unspecified atom stereocenters. The summed E-state index contributed by atoms with van der Waals surface area (Å²) in [6, 6.07) is 23.5. The van der Waals surface area contributed by atoms with Gasteiger partial charge in [0.05, 0.1) is 29.6 Å². The first-order chi connectivity index (χ1) is 22.5. The number of nitrogens with zero attached hydrogens (tertiary/aromatic N) is 2. The minimum absolute atomic E-state index is 0.246. The van der Waals surface area contributed by atoms with Crippen LogP contribution in [-0.2, 0) is 20.9 Å². The Hall–Kier alpha value is -4.36. The largest absolute Gasteiger partial charge is 0.489 e. The second kappa shape index (κ2) is 15.0. The Morgan fingerprint density at radius 2 is 1.62 bits per heavy atom. The van der Waals surface area contributed by atoms with E-state index >= 15 is 0 Å². The molecular formula is C39H43ClN2O5. The van der Waals surface area contributed by atoms with E-state index in [1.807, 2.05) is 87.5 Å². The number of esters is 2. The first-order valence-electron chi connectivity index (χ1n) is 16.3. The Morgan fingerprint density at radius 3 is 2.28 bits per heavy atom. The number of aromatic nitrogens is 2. The van der Waals surface area contributed by atoms with Crippen molar-refractivity contribution in [2.45, 2.75) is 85.0 Å². The first-order valence-corrected chi connectivity index (χ1v) is 16.7. The average Bonchev–Trinajstić information content (AvgIpc) is 3.47. The van der Waals surface area contributed by atoms with E-state index in [1.54, 1.807) is 26.0 Å². The van der Waals surface area contributed by atoms with Crippen LogP contribution >= 0.6 is 11.6 Å². The van der Waals surface area contributed by atoms with Crippen LogP contribution in [-0.4, -0.2) is 33.9 Å². The van der Waals surface area contributed by atoms with Gasteiger partial charge in [-0.05, 0) is 125 Å². The lowest BCUT2D eigenvalue weighted by Gasteiger charge is -2.24. The van der Waals surface area contributed by atoms with E-state index in [2.05, 4.69) is 4.68 Å². The third-order valence-corrected chi connectivity index (χ3v) is 8.33. The molecule has 246 valence electrons. The van der Waals surface area contributed by atoms with Gasteiger partial charge in [0.15, 0.2) is 0 Å². The molecule has 8 heteroatoms. The summed E-state index contributed by atoms with van der Waals surface area (Å²) in [7, 11) is 0. The summed E-state index contributed by atoms with van der Waals surface area (Å²) in [6.07, 6.45) is 7.55. The van der Waals surface area contributed by atoms with Crippen LogP contribution in [0.25, 0.3) is 28.5 Å². The topological polar surface area (TPSA) is 79.6 Å². The van der Waals surface area contributed by atoms with Gasteiger partial charge >= 0.3 is 11.9 Å². The second-order valence-corrected chi connectivity index (χ2v) is 13.4. The smallest absolute Gasteiger partial charge is 0.338 e. The van der Waals surface area contributed by atoms with Crippen molar-refractivity contribution in [2.75, 3.05) is 6.61 Å². The number of hydrogen-bond acceptors (Lipinski definition) is 6. The molecule has 0 N–H and O–H groups in total. The van der Waals surface area contributed by atoms with Crippen molar-refractivity contribution in [3.8, 4) is 28.1 Å². The van der Waals surface area contributed by atoms with E-state index in [0.717, 1.165) is 46.5 Å². The van der Waals surface area contributed by atoms with Gasteiger partial charge in [-0.25, -0.2) is 9.59 Å². The highest BCUT2D eigenvalue weighted by Gasteiger charge is 2.22. The summed E-state index contributed by atoms with van der Waals surface area (Å²) >= 11 is 6.15. The molecule has 1 aromatic heterocycles. The molecule has 0 aliphatic heterocycles. The molecule has 0 atom stereocenters. The van der Waals surface area contributed by atoms with Crippen molar-refractivity contribution >= 4 is 29.6 Å². The molecule has 47 heavy (non-hydrogen) atoms. The van der Waals surface area contributed by atoms with Crippen molar-refractivity contribution in [2.24, 2.45) is 0 Å². The predicted octanol–water partition coefficient (Wildman–Crippen LogP) is 9.88. The average molecular weight is 655 g/mol. The lowest BCUT2D eigenvalue weighted by molar-refractivity contribution is -0.138. The third-order valence-electron chi connectivity index (χ3n) is 8.08. The number of rotatable bonds is 10. The highest BCUT2D eigenvalue weighted by molar-refractivity contribution is 6.30. The molecule has 4 aromatic rings. The van der Waals surface area contributed by atoms with E-state index in [9.17, 15) is 9.59 Å². The summed E-state index contributed by atoms with van der Waals surface area (Å²) < 4.78 is 19.2. The number of halogens is 1. The maximum absolute atomic E-state index is 12.9. The van der Waals surface area contributed by atoms with Gasteiger partial charge < -0.3 is 14.2 Å². The van der Waals surface area contributed by atoms with Crippen molar-refractivity contribution < 1.29 is 23.8 Å². The van der Waals surface area contributed by atoms with Gasteiger partial charge in [0.25, 0.3) is 0 Å². The summed E-state index contributed by atoms with van der Waals surface area (Å²) in [4.78, 5) is 25.2. The van der Waals surface area contributed by atoms with E-state index < -0.39 is 5.60 Å². The zero-order chi connectivity index (χ0) is 33.6. The van der Waals surface area contributed by atoms with Crippen LogP contribution in [0.2, 0.25) is 5.02 Å². The fraction of sp³-hybridized carbons (Fsp3) is 0.359. The highest BCUT2D eigenvalue weighted by Crippen LogP contribution is 2.34. The van der Waals surface area contributed by atoms with Crippen LogP contribution in [0, 0.1) is 0 Å². The summed E-state index contributed by atoms with van der Waals surface area (Å²) in [5, 5.41) is 5.59.